The maximum absolute atomic E-state index is 13.7. The predicted molar refractivity (Wildman–Crippen MR) is 276 cm³/mol. The minimum absolute atomic E-state index is 0.000755. The van der Waals surface area contributed by atoms with Gasteiger partial charge in [0.2, 0.25) is 29.5 Å². The van der Waals surface area contributed by atoms with E-state index in [-0.39, 0.29) is 159 Å². The minimum atomic E-state index is -1.28. The van der Waals surface area contributed by atoms with Crippen LogP contribution in [-0.2, 0) is 61.4 Å². The van der Waals surface area contributed by atoms with E-state index in [2.05, 4.69) is 82.8 Å². The van der Waals surface area contributed by atoms with Crippen LogP contribution in [-0.4, -0.2) is 171 Å². The molecule has 72 heavy (non-hydrogen) atoms. The molecule has 0 aromatic heterocycles. The quantitative estimate of drug-likeness (QED) is 0.0332. The van der Waals surface area contributed by atoms with Crippen molar-refractivity contribution in [3.63, 3.8) is 0 Å². The molecule has 0 aliphatic heterocycles. The topological polar surface area (TPSA) is 246 Å². The van der Waals surface area contributed by atoms with Crippen molar-refractivity contribution in [3.05, 3.63) is 0 Å². The molecule has 5 amide bonds. The Morgan fingerprint density at radius 2 is 0.875 bits per heavy atom. The third-order valence-electron chi connectivity index (χ3n) is 10.3. The summed E-state index contributed by atoms with van der Waals surface area (Å²) >= 11 is 0. The first-order chi connectivity index (χ1) is 34.8. The number of hydrogen-bond donors (Lipinski definition) is 5. The molecule has 0 spiro atoms. The lowest BCUT2D eigenvalue weighted by molar-refractivity contribution is -0.128. The van der Waals surface area contributed by atoms with Gasteiger partial charge >= 0.3 is 0 Å². The van der Waals surface area contributed by atoms with Crippen molar-refractivity contribution in [2.24, 2.45) is 0 Å². The molecule has 1 atom stereocenters. The third-order valence-corrected chi connectivity index (χ3v) is 12.4. The number of hydrogen-bond acceptors (Lipinski definition) is 15. The Bertz CT molecular complexity index is 1510. The van der Waals surface area contributed by atoms with Crippen LogP contribution < -0.4 is 26.6 Å². The highest BCUT2D eigenvalue weighted by molar-refractivity contribution is 7.44. The molecule has 5 N–H and O–H groups in total. The number of terminal acetylenes is 3. The number of nitriles is 1. The molecule has 21 heteroatoms. The zero-order chi connectivity index (χ0) is 53.3. The minimum Gasteiger partial charge on any atom is -0.377 e. The Morgan fingerprint density at radius 1 is 0.486 bits per heavy atom. The van der Waals surface area contributed by atoms with Crippen molar-refractivity contribution >= 4 is 38.1 Å². The van der Waals surface area contributed by atoms with Gasteiger partial charge in [0.05, 0.1) is 85.2 Å². The largest absolute Gasteiger partial charge is 0.377 e. The first kappa shape index (κ1) is 67.6. The second kappa shape index (κ2) is 47.6. The van der Waals surface area contributed by atoms with Crippen molar-refractivity contribution in [3.8, 4) is 43.1 Å². The zero-order valence-electron chi connectivity index (χ0n) is 43.7. The molecule has 408 valence electrons. The average Bonchev–Trinajstić information content (AvgIpc) is 3.34. The van der Waals surface area contributed by atoms with Crippen LogP contribution >= 0.6 is 8.53 Å². The SMILES string of the molecule is C#CCOCCOCCNC(=O)CCC(CCC(=O)NCCOCCOCC#C)(CCC(=O)NCCOCCOCC#C)NC(=O)CCCC(=O)NCCCCCCOP(OCCC#N)N(C(C)C)C(C)C. The summed E-state index contributed by atoms with van der Waals surface area (Å²) in [6.07, 6.45) is 19.9. The van der Waals surface area contributed by atoms with Crippen molar-refractivity contribution in [2.45, 2.75) is 135 Å². The van der Waals surface area contributed by atoms with Crippen LogP contribution in [0, 0.1) is 48.4 Å². The average molecular weight is 1040 g/mol. The summed E-state index contributed by atoms with van der Waals surface area (Å²) in [5.41, 5.74) is -1.15. The molecule has 1 unspecified atom stereocenters. The molecule has 0 heterocycles. The highest BCUT2D eigenvalue weighted by Gasteiger charge is 2.34. The third kappa shape index (κ3) is 40.1. The molecular formula is C51H86N7O13P. The second-order valence-corrected chi connectivity index (χ2v) is 18.4. The van der Waals surface area contributed by atoms with E-state index < -0.39 is 14.1 Å². The van der Waals surface area contributed by atoms with Gasteiger partial charge in [-0.2, -0.15) is 5.26 Å². The van der Waals surface area contributed by atoms with Crippen molar-refractivity contribution in [1.29, 1.82) is 5.26 Å². The summed E-state index contributed by atoms with van der Waals surface area (Å²) in [5, 5.41) is 23.4. The van der Waals surface area contributed by atoms with Gasteiger partial charge in [0.25, 0.3) is 8.53 Å². The van der Waals surface area contributed by atoms with Crippen LogP contribution in [0.25, 0.3) is 0 Å². The molecule has 0 fully saturated rings. The second-order valence-electron chi connectivity index (χ2n) is 17.0. The predicted octanol–water partition coefficient (Wildman–Crippen LogP) is 3.67. The van der Waals surface area contributed by atoms with Crippen LogP contribution in [0.15, 0.2) is 0 Å². The van der Waals surface area contributed by atoms with Crippen molar-refractivity contribution in [2.75, 3.05) is 119 Å². The van der Waals surface area contributed by atoms with Gasteiger partial charge in [0.15, 0.2) is 0 Å². The van der Waals surface area contributed by atoms with E-state index in [0.717, 1.165) is 25.7 Å². The number of nitrogens with zero attached hydrogens (tertiary/aromatic N) is 2. The maximum atomic E-state index is 13.7. The molecule has 0 aliphatic carbocycles. The number of unbranched alkanes of at least 4 members (excludes halogenated alkanes) is 3. The summed E-state index contributed by atoms with van der Waals surface area (Å²) in [6, 6.07) is 2.56. The lowest BCUT2D eigenvalue weighted by Gasteiger charge is -2.35. The molecule has 0 aromatic rings. The van der Waals surface area contributed by atoms with E-state index >= 15 is 0 Å². The first-order valence-corrected chi connectivity index (χ1v) is 26.3. The fourth-order valence-electron chi connectivity index (χ4n) is 6.85. The molecule has 20 nitrogen and oxygen atoms in total. The lowest BCUT2D eigenvalue weighted by atomic mass is 9.82. The normalized spacial score (nSPS) is 11.6. The Morgan fingerprint density at radius 3 is 1.31 bits per heavy atom. The monoisotopic (exact) mass is 1040 g/mol. The van der Waals surface area contributed by atoms with E-state index in [0.29, 0.717) is 65.8 Å². The molecule has 0 radical (unpaired) electrons. The van der Waals surface area contributed by atoms with E-state index in [1.54, 1.807) is 0 Å². The van der Waals surface area contributed by atoms with Crippen LogP contribution in [0.1, 0.15) is 118 Å². The Kier molecular flexibility index (Phi) is 44.7. The summed E-state index contributed by atoms with van der Waals surface area (Å²) in [6.45, 7) is 13.5. The van der Waals surface area contributed by atoms with Crippen LogP contribution in [0.5, 0.6) is 0 Å². The van der Waals surface area contributed by atoms with Crippen molar-refractivity contribution < 1.29 is 61.4 Å². The molecule has 0 aromatic carbocycles. The van der Waals surface area contributed by atoms with Gasteiger partial charge in [-0.3, -0.25) is 24.0 Å². The van der Waals surface area contributed by atoms with Crippen LogP contribution in [0.3, 0.4) is 0 Å². The van der Waals surface area contributed by atoms with Gasteiger partial charge < -0.3 is 64.1 Å². The first-order valence-electron chi connectivity index (χ1n) is 25.2. The number of carbonyl (C=O) groups is 5. The summed E-state index contributed by atoms with van der Waals surface area (Å²) in [7, 11) is -1.28. The van der Waals surface area contributed by atoms with Crippen molar-refractivity contribution in [1.82, 2.24) is 31.3 Å². The molecule has 0 saturated carbocycles. The standard InChI is InChI=1S/C51H86N7O13P/c1-8-30-64-38-41-67-35-27-54-47(60)19-22-51(23-20-48(61)55-28-36-68-42-39-65-31-9-2,24-21-49(62)56-29-37-69-43-40-66-32-10-3)57-50(63)18-15-17-46(59)53-26-13-11-12-14-33-70-72(71-34-16-25-52)58(44(4)5)45(6)7/h1-3,44-45H,11-24,26-43H2,4-7H3,(H,53,59)(H,54,60)(H,55,61)(H,56,62)(H,57,63). The van der Waals surface area contributed by atoms with Gasteiger partial charge in [-0.1, -0.05) is 30.6 Å². The number of amides is 5. The summed E-state index contributed by atoms with van der Waals surface area (Å²) < 4.78 is 46.3. The number of ether oxygens (including phenoxy) is 6. The Labute approximate surface area is 431 Å². The molecule has 0 aliphatic rings. The molecular weight excluding hydrogens is 950 g/mol. The van der Waals surface area contributed by atoms with Gasteiger partial charge in [-0.05, 0) is 66.2 Å². The van der Waals surface area contributed by atoms with Gasteiger partial charge in [-0.25, -0.2) is 4.67 Å². The lowest BCUT2D eigenvalue weighted by Crippen LogP contribution is -2.50. The fourth-order valence-corrected chi connectivity index (χ4v) is 8.48. The Hall–Kier alpha value is -4.41. The van der Waals surface area contributed by atoms with E-state index in [9.17, 15) is 24.0 Å². The van der Waals surface area contributed by atoms with Gasteiger partial charge in [0.1, 0.15) is 19.8 Å². The molecule has 0 saturated heterocycles. The van der Waals surface area contributed by atoms with E-state index in [1.807, 2.05) is 0 Å². The van der Waals surface area contributed by atoms with Crippen LogP contribution in [0.4, 0.5) is 0 Å². The van der Waals surface area contributed by atoms with Gasteiger partial charge in [-0.15, -0.1) is 19.3 Å². The van der Waals surface area contributed by atoms with Gasteiger partial charge in [0, 0.05) is 75.9 Å². The highest BCUT2D eigenvalue weighted by Crippen LogP contribution is 2.46. The summed E-state index contributed by atoms with van der Waals surface area (Å²) in [5.74, 6) is 5.65. The van der Waals surface area contributed by atoms with E-state index in [1.165, 1.54) is 0 Å². The zero-order valence-corrected chi connectivity index (χ0v) is 44.6. The van der Waals surface area contributed by atoms with E-state index in [4.69, 9.17) is 62.0 Å². The smallest absolute Gasteiger partial charge is 0.259 e. The molecule has 0 rings (SSSR count). The maximum Gasteiger partial charge on any atom is 0.259 e. The van der Waals surface area contributed by atoms with Crippen LogP contribution in [0.2, 0.25) is 0 Å². The highest BCUT2D eigenvalue weighted by atomic mass is 31.2. The molecule has 0 bridgehead atoms. The number of rotatable bonds is 49. The fraction of sp³-hybridized carbons (Fsp3) is 0.765. The number of carbonyl (C=O) groups excluding carboxylic acids is 5. The number of nitrogens with one attached hydrogen (secondary N) is 5. The Balaban J connectivity index is 5.55. The summed E-state index contributed by atoms with van der Waals surface area (Å²) in [4.78, 5) is 65.9.